The minimum Gasteiger partial charge on any atom is -0.463 e. The SMILES string of the molecule is CN(C)c1nc(CCC2CC23CCC2(CC3)C[C@H]2NCc2coc3c(Br)cc(Br)cc3c2=O)nc2ccccc12. The van der Waals surface area contributed by atoms with Gasteiger partial charge in [0.1, 0.15) is 11.6 Å². The molecule has 6 nitrogen and oxygen atoms in total. The molecule has 0 amide bonds. The Kier molecular flexibility index (Phi) is 6.59. The van der Waals surface area contributed by atoms with Gasteiger partial charge < -0.3 is 14.6 Å². The normalized spacial score (nSPS) is 27.1. The van der Waals surface area contributed by atoms with Gasteiger partial charge in [-0.05, 0) is 102 Å². The predicted molar refractivity (Wildman–Crippen MR) is 167 cm³/mol. The number of hydrogen-bond donors (Lipinski definition) is 1. The predicted octanol–water partition coefficient (Wildman–Crippen LogP) is 7.39. The van der Waals surface area contributed by atoms with Crippen molar-refractivity contribution < 1.29 is 4.42 Å². The van der Waals surface area contributed by atoms with E-state index < -0.39 is 0 Å². The Balaban J connectivity index is 0.941. The number of benzene rings is 2. The molecule has 3 fully saturated rings. The Hall–Kier alpha value is -2.29. The van der Waals surface area contributed by atoms with Gasteiger partial charge in [-0.3, -0.25) is 4.79 Å². The lowest BCUT2D eigenvalue weighted by atomic mass is 9.75. The summed E-state index contributed by atoms with van der Waals surface area (Å²) in [6.07, 6.45) is 11.6. The zero-order valence-electron chi connectivity index (χ0n) is 23.0. The van der Waals surface area contributed by atoms with Crippen LogP contribution in [-0.4, -0.2) is 30.1 Å². The first-order valence-electron chi connectivity index (χ1n) is 14.3. The Bertz CT molecular complexity index is 1680. The number of rotatable bonds is 7. The highest BCUT2D eigenvalue weighted by Gasteiger charge is 2.62. The van der Waals surface area contributed by atoms with Crippen LogP contribution >= 0.6 is 31.9 Å². The van der Waals surface area contributed by atoms with E-state index in [4.69, 9.17) is 14.4 Å². The largest absolute Gasteiger partial charge is 0.463 e. The number of halogens is 2. The van der Waals surface area contributed by atoms with Crippen molar-refractivity contribution in [3.8, 4) is 0 Å². The van der Waals surface area contributed by atoms with E-state index in [9.17, 15) is 4.79 Å². The molecule has 3 aliphatic rings. The molecule has 0 aliphatic heterocycles. The second kappa shape index (κ2) is 9.92. The van der Waals surface area contributed by atoms with E-state index in [2.05, 4.69) is 80.4 Å². The molecule has 2 aromatic carbocycles. The average Bonchev–Trinajstić information content (AvgIpc) is 3.83. The molecule has 7 rings (SSSR count). The zero-order valence-corrected chi connectivity index (χ0v) is 26.1. The summed E-state index contributed by atoms with van der Waals surface area (Å²) in [7, 11) is 4.11. The molecule has 3 aliphatic carbocycles. The third-order valence-corrected chi connectivity index (χ3v) is 11.0. The summed E-state index contributed by atoms with van der Waals surface area (Å²) in [5, 5.41) is 5.43. The maximum Gasteiger partial charge on any atom is 0.197 e. The van der Waals surface area contributed by atoms with Crippen LogP contribution in [0.3, 0.4) is 0 Å². The highest BCUT2D eigenvalue weighted by Crippen LogP contribution is 2.69. The summed E-state index contributed by atoms with van der Waals surface area (Å²) >= 11 is 6.98. The molecule has 3 saturated carbocycles. The van der Waals surface area contributed by atoms with Crippen molar-refractivity contribution in [1.29, 1.82) is 0 Å². The van der Waals surface area contributed by atoms with E-state index in [1.165, 1.54) is 44.9 Å². The van der Waals surface area contributed by atoms with E-state index in [1.807, 2.05) is 12.1 Å². The molecule has 2 spiro atoms. The minimum absolute atomic E-state index is 0.0435. The fourth-order valence-electron chi connectivity index (χ4n) is 7.31. The molecular formula is C32H34Br2N4O2. The second-order valence-electron chi connectivity index (χ2n) is 12.5. The number of fused-ring (bicyclic) bond motifs is 2. The van der Waals surface area contributed by atoms with E-state index in [0.717, 1.165) is 43.8 Å². The van der Waals surface area contributed by atoms with Crippen LogP contribution in [0.15, 0.2) is 60.8 Å². The number of nitrogens with zero attached hydrogens (tertiary/aromatic N) is 3. The maximum absolute atomic E-state index is 13.1. The summed E-state index contributed by atoms with van der Waals surface area (Å²) in [4.78, 5) is 25.0. The van der Waals surface area contributed by atoms with Gasteiger partial charge in [0.25, 0.3) is 0 Å². The molecule has 2 heterocycles. The van der Waals surface area contributed by atoms with Crippen molar-refractivity contribution >= 4 is 59.5 Å². The summed E-state index contributed by atoms with van der Waals surface area (Å²) < 4.78 is 7.47. The van der Waals surface area contributed by atoms with E-state index in [1.54, 1.807) is 6.26 Å². The van der Waals surface area contributed by atoms with Crippen LogP contribution in [-0.2, 0) is 13.0 Å². The summed E-state index contributed by atoms with van der Waals surface area (Å²) in [5.74, 6) is 2.79. The highest BCUT2D eigenvalue weighted by molar-refractivity contribution is 9.11. The molecule has 208 valence electrons. The summed E-state index contributed by atoms with van der Waals surface area (Å²) in [6, 6.07) is 12.6. The van der Waals surface area contributed by atoms with Crippen molar-refractivity contribution in [2.45, 2.75) is 64.0 Å². The molecule has 4 aromatic rings. The van der Waals surface area contributed by atoms with E-state index in [0.29, 0.717) is 39.9 Å². The van der Waals surface area contributed by atoms with Crippen molar-refractivity contribution in [2.24, 2.45) is 16.7 Å². The monoisotopic (exact) mass is 664 g/mol. The molecule has 2 atom stereocenters. The van der Waals surface area contributed by atoms with Gasteiger partial charge in [-0.25, -0.2) is 9.97 Å². The van der Waals surface area contributed by atoms with Gasteiger partial charge in [0, 0.05) is 48.5 Å². The van der Waals surface area contributed by atoms with Crippen molar-refractivity contribution in [1.82, 2.24) is 15.3 Å². The van der Waals surface area contributed by atoms with Crippen LogP contribution < -0.4 is 15.6 Å². The molecule has 1 N–H and O–H groups in total. The third-order valence-electron chi connectivity index (χ3n) is 9.96. The van der Waals surface area contributed by atoms with Gasteiger partial charge >= 0.3 is 0 Å². The minimum atomic E-state index is 0.0435. The molecule has 40 heavy (non-hydrogen) atoms. The Morgan fingerprint density at radius 1 is 1.02 bits per heavy atom. The van der Waals surface area contributed by atoms with Gasteiger partial charge in [0.15, 0.2) is 11.0 Å². The van der Waals surface area contributed by atoms with Crippen molar-refractivity contribution in [2.75, 3.05) is 19.0 Å². The summed E-state index contributed by atoms with van der Waals surface area (Å²) in [5.41, 5.74) is 3.34. The molecular weight excluding hydrogens is 632 g/mol. The van der Waals surface area contributed by atoms with Crippen LogP contribution in [0.2, 0.25) is 0 Å². The molecule has 8 heteroatoms. The number of nitrogens with one attached hydrogen (secondary N) is 1. The second-order valence-corrected chi connectivity index (χ2v) is 14.3. The number of hydrogen-bond acceptors (Lipinski definition) is 6. The smallest absolute Gasteiger partial charge is 0.197 e. The zero-order chi connectivity index (χ0) is 27.6. The van der Waals surface area contributed by atoms with Crippen molar-refractivity contribution in [3.05, 3.63) is 73.2 Å². The van der Waals surface area contributed by atoms with Gasteiger partial charge in [0.05, 0.1) is 21.6 Å². The first kappa shape index (κ1) is 26.6. The highest BCUT2D eigenvalue weighted by atomic mass is 79.9. The lowest BCUT2D eigenvalue weighted by molar-refractivity contribution is 0.209. The number of para-hydroxylation sites is 1. The Labute approximate surface area is 251 Å². The van der Waals surface area contributed by atoms with Crippen LogP contribution in [0.1, 0.15) is 56.3 Å². The molecule has 2 aromatic heterocycles. The van der Waals surface area contributed by atoms with Gasteiger partial charge in [-0.2, -0.15) is 0 Å². The van der Waals surface area contributed by atoms with Crippen LogP contribution in [0.4, 0.5) is 5.82 Å². The standard InChI is InChI=1S/C32H34Br2N4O2/c1-38(2)30-22-5-3-4-6-25(22)36-27(37-30)8-7-20-15-31(20)9-11-32(12-10-31)16-26(32)35-17-19-18-40-29-23(28(19)39)13-21(33)14-24(29)34/h3-6,13-14,18,20,26,35H,7-12,15-17H2,1-2H3/t20?,26-,31?,32?/m1/s1. The Morgan fingerprint density at radius 2 is 1.80 bits per heavy atom. The van der Waals surface area contributed by atoms with E-state index >= 15 is 0 Å². The number of aryl methyl sites for hydroxylation is 1. The number of aromatic nitrogens is 2. The Morgan fingerprint density at radius 3 is 2.60 bits per heavy atom. The van der Waals surface area contributed by atoms with Crippen LogP contribution in [0.5, 0.6) is 0 Å². The molecule has 0 radical (unpaired) electrons. The van der Waals surface area contributed by atoms with Gasteiger partial charge in [0.2, 0.25) is 0 Å². The first-order valence-corrected chi connectivity index (χ1v) is 15.9. The first-order chi connectivity index (χ1) is 19.3. The van der Waals surface area contributed by atoms with Gasteiger partial charge in [-0.15, -0.1) is 0 Å². The van der Waals surface area contributed by atoms with Crippen LogP contribution in [0, 0.1) is 16.7 Å². The quantitative estimate of drug-likeness (QED) is 0.222. The van der Waals surface area contributed by atoms with E-state index in [-0.39, 0.29) is 5.43 Å². The fraction of sp³-hybridized carbons (Fsp3) is 0.469. The summed E-state index contributed by atoms with van der Waals surface area (Å²) in [6.45, 7) is 0.559. The molecule has 0 bridgehead atoms. The molecule has 1 unspecified atom stereocenters. The fourth-order valence-corrected chi connectivity index (χ4v) is 8.63. The lowest BCUT2D eigenvalue weighted by Crippen LogP contribution is -2.28. The number of anilines is 1. The van der Waals surface area contributed by atoms with Gasteiger partial charge in [-0.1, -0.05) is 28.1 Å². The topological polar surface area (TPSA) is 71.3 Å². The lowest BCUT2D eigenvalue weighted by Gasteiger charge is -2.31. The molecule has 0 saturated heterocycles. The maximum atomic E-state index is 13.1. The van der Waals surface area contributed by atoms with Crippen molar-refractivity contribution in [3.63, 3.8) is 0 Å². The third kappa shape index (κ3) is 4.70. The van der Waals surface area contributed by atoms with Crippen LogP contribution in [0.25, 0.3) is 21.9 Å². The average molecular weight is 666 g/mol.